The van der Waals surface area contributed by atoms with Crippen LogP contribution in [0.2, 0.25) is 0 Å². The number of thioether (sulfide) groups is 1. The predicted molar refractivity (Wildman–Crippen MR) is 92.0 cm³/mol. The summed E-state index contributed by atoms with van der Waals surface area (Å²) in [5.74, 6) is 1.10. The molecule has 21 heavy (non-hydrogen) atoms. The molecular formula is C15H30N4OS. The van der Waals surface area contributed by atoms with Gasteiger partial charge < -0.3 is 15.5 Å². The molecule has 0 bridgehead atoms. The molecule has 0 aromatic carbocycles. The molecule has 2 N–H and O–H groups in total. The van der Waals surface area contributed by atoms with Crippen LogP contribution in [0, 0.1) is 0 Å². The van der Waals surface area contributed by atoms with Gasteiger partial charge in [0.15, 0.2) is 5.96 Å². The average molecular weight is 314 g/mol. The van der Waals surface area contributed by atoms with Crippen molar-refractivity contribution >= 4 is 23.6 Å². The molecule has 1 rings (SSSR count). The number of nitrogens with one attached hydrogen (secondary N) is 2. The van der Waals surface area contributed by atoms with Crippen LogP contribution in [0.15, 0.2) is 4.99 Å². The first kappa shape index (κ1) is 18.1. The van der Waals surface area contributed by atoms with E-state index in [1.165, 1.54) is 0 Å². The molecule has 1 atom stereocenters. The molecule has 0 aliphatic carbocycles. The first-order valence-electron chi connectivity index (χ1n) is 7.79. The highest BCUT2D eigenvalue weighted by molar-refractivity contribution is 7.99. The van der Waals surface area contributed by atoms with Crippen molar-refractivity contribution in [3.05, 3.63) is 0 Å². The summed E-state index contributed by atoms with van der Waals surface area (Å²) in [6.07, 6.45) is 3.69. The van der Waals surface area contributed by atoms with E-state index >= 15 is 0 Å². The van der Waals surface area contributed by atoms with Gasteiger partial charge in [0.1, 0.15) is 0 Å². The number of amides is 1. The van der Waals surface area contributed by atoms with Gasteiger partial charge in [0.05, 0.1) is 6.54 Å². The van der Waals surface area contributed by atoms with E-state index in [9.17, 15) is 4.79 Å². The van der Waals surface area contributed by atoms with Crippen molar-refractivity contribution in [2.45, 2.75) is 51.3 Å². The van der Waals surface area contributed by atoms with E-state index in [4.69, 9.17) is 0 Å². The number of carbonyl (C=O) groups excluding carboxylic acids is 1. The summed E-state index contributed by atoms with van der Waals surface area (Å²) in [5, 5.41) is 6.75. The maximum atomic E-state index is 11.7. The van der Waals surface area contributed by atoms with Crippen molar-refractivity contribution < 1.29 is 4.79 Å². The van der Waals surface area contributed by atoms with Crippen LogP contribution in [-0.4, -0.2) is 60.0 Å². The van der Waals surface area contributed by atoms with Crippen LogP contribution in [-0.2, 0) is 4.79 Å². The van der Waals surface area contributed by atoms with Crippen molar-refractivity contribution in [1.29, 1.82) is 0 Å². The third kappa shape index (κ3) is 6.16. The third-order valence-corrected chi connectivity index (χ3v) is 4.93. The Hall–Kier alpha value is -0.910. The molecule has 1 fully saturated rings. The summed E-state index contributed by atoms with van der Waals surface area (Å²) in [5.41, 5.74) is 0. The molecule has 1 aliphatic rings. The number of likely N-dealkylation sites (tertiary alicyclic amines) is 1. The minimum absolute atomic E-state index is 0.141. The van der Waals surface area contributed by atoms with Gasteiger partial charge in [-0.2, -0.15) is 11.8 Å². The summed E-state index contributed by atoms with van der Waals surface area (Å²) >= 11 is 1.82. The number of carbonyl (C=O) groups is 1. The Bertz CT molecular complexity index is 371. The van der Waals surface area contributed by atoms with E-state index in [0.717, 1.165) is 38.6 Å². The zero-order valence-corrected chi connectivity index (χ0v) is 14.8. The van der Waals surface area contributed by atoms with E-state index < -0.39 is 0 Å². The fourth-order valence-electron chi connectivity index (χ4n) is 2.18. The van der Waals surface area contributed by atoms with Crippen molar-refractivity contribution in [3.8, 4) is 0 Å². The van der Waals surface area contributed by atoms with Crippen LogP contribution in [0.1, 0.15) is 40.5 Å². The molecule has 1 saturated heterocycles. The Balaban J connectivity index is 2.55. The smallest absolute Gasteiger partial charge is 0.222 e. The topological polar surface area (TPSA) is 56.7 Å². The summed E-state index contributed by atoms with van der Waals surface area (Å²) < 4.78 is 0.141. The third-order valence-electron chi connectivity index (χ3n) is 3.70. The van der Waals surface area contributed by atoms with E-state index in [-0.39, 0.29) is 10.7 Å². The van der Waals surface area contributed by atoms with Gasteiger partial charge in [0, 0.05) is 36.8 Å². The Morgan fingerprint density at radius 3 is 2.71 bits per heavy atom. The zero-order valence-electron chi connectivity index (χ0n) is 14.0. The Labute approximate surface area is 133 Å². The van der Waals surface area contributed by atoms with Gasteiger partial charge in [-0.25, -0.2) is 0 Å². The lowest BCUT2D eigenvalue weighted by atomic mass is 10.2. The number of guanidine groups is 1. The van der Waals surface area contributed by atoms with Gasteiger partial charge in [-0.3, -0.25) is 9.79 Å². The summed E-state index contributed by atoms with van der Waals surface area (Å²) in [6.45, 7) is 11.6. The molecule has 0 saturated carbocycles. The molecule has 1 aliphatic heterocycles. The molecule has 6 heteroatoms. The molecule has 1 heterocycles. The lowest BCUT2D eigenvalue weighted by molar-refractivity contribution is -0.129. The molecule has 0 aromatic heterocycles. The number of hydrogen-bond acceptors (Lipinski definition) is 3. The SMILES string of the molecule is CCNC(=NCC(C)(C)SC)NC1CCN(C(=O)CC)C1. The second kappa shape index (κ2) is 8.51. The minimum atomic E-state index is 0.141. The maximum Gasteiger partial charge on any atom is 0.222 e. The van der Waals surface area contributed by atoms with E-state index in [1.807, 2.05) is 23.6 Å². The van der Waals surface area contributed by atoms with Gasteiger partial charge in [-0.05, 0) is 33.4 Å². The summed E-state index contributed by atoms with van der Waals surface area (Å²) in [4.78, 5) is 18.3. The molecule has 0 aromatic rings. The van der Waals surface area contributed by atoms with Gasteiger partial charge in [-0.1, -0.05) is 6.92 Å². The summed E-state index contributed by atoms with van der Waals surface area (Å²) in [7, 11) is 0. The van der Waals surface area contributed by atoms with Crippen LogP contribution in [0.5, 0.6) is 0 Å². The Morgan fingerprint density at radius 1 is 1.43 bits per heavy atom. The molecule has 1 unspecified atom stereocenters. The Kier molecular flexibility index (Phi) is 7.35. The monoisotopic (exact) mass is 314 g/mol. The fraction of sp³-hybridized carbons (Fsp3) is 0.867. The van der Waals surface area contributed by atoms with E-state index in [1.54, 1.807) is 0 Å². The van der Waals surface area contributed by atoms with Crippen LogP contribution in [0.25, 0.3) is 0 Å². The predicted octanol–water partition coefficient (Wildman–Crippen LogP) is 1.69. The van der Waals surface area contributed by atoms with Crippen LogP contribution in [0.3, 0.4) is 0 Å². The van der Waals surface area contributed by atoms with E-state index in [0.29, 0.717) is 12.5 Å². The van der Waals surface area contributed by atoms with Crippen molar-refractivity contribution in [2.75, 3.05) is 32.4 Å². The normalized spacial score (nSPS) is 19.8. The highest BCUT2D eigenvalue weighted by atomic mass is 32.2. The van der Waals surface area contributed by atoms with Gasteiger partial charge in [0.25, 0.3) is 0 Å². The van der Waals surface area contributed by atoms with Crippen molar-refractivity contribution in [3.63, 3.8) is 0 Å². The lowest BCUT2D eigenvalue weighted by Gasteiger charge is -2.22. The highest BCUT2D eigenvalue weighted by Crippen LogP contribution is 2.21. The quantitative estimate of drug-likeness (QED) is 0.579. The van der Waals surface area contributed by atoms with Crippen LogP contribution in [0.4, 0.5) is 0 Å². The second-order valence-electron chi connectivity index (χ2n) is 5.98. The van der Waals surface area contributed by atoms with Crippen molar-refractivity contribution in [2.24, 2.45) is 4.99 Å². The maximum absolute atomic E-state index is 11.7. The van der Waals surface area contributed by atoms with Gasteiger partial charge >= 0.3 is 0 Å². The average Bonchev–Trinajstić information content (AvgIpc) is 2.93. The molecular weight excluding hydrogens is 284 g/mol. The number of aliphatic imine (C=N–C) groups is 1. The first-order valence-corrected chi connectivity index (χ1v) is 9.02. The van der Waals surface area contributed by atoms with Gasteiger partial charge in [0.2, 0.25) is 5.91 Å². The van der Waals surface area contributed by atoms with Crippen LogP contribution >= 0.6 is 11.8 Å². The minimum Gasteiger partial charge on any atom is -0.357 e. The lowest BCUT2D eigenvalue weighted by Crippen LogP contribution is -2.45. The molecule has 1 amide bonds. The number of rotatable bonds is 6. The van der Waals surface area contributed by atoms with E-state index in [2.05, 4.69) is 42.7 Å². The number of hydrogen-bond donors (Lipinski definition) is 2. The number of nitrogens with zero attached hydrogens (tertiary/aromatic N) is 2. The zero-order chi connectivity index (χ0) is 15.9. The molecule has 122 valence electrons. The fourth-order valence-corrected chi connectivity index (χ4v) is 2.37. The van der Waals surface area contributed by atoms with Crippen LogP contribution < -0.4 is 10.6 Å². The summed E-state index contributed by atoms with van der Waals surface area (Å²) in [6, 6.07) is 0.302. The van der Waals surface area contributed by atoms with Crippen molar-refractivity contribution in [1.82, 2.24) is 15.5 Å². The molecule has 5 nitrogen and oxygen atoms in total. The standard InChI is InChI=1S/C15H30N4OS/c1-6-13(20)19-9-8-12(10-19)18-14(16-7-2)17-11-15(3,4)21-5/h12H,6-11H2,1-5H3,(H2,16,17,18). The second-order valence-corrected chi connectivity index (χ2v) is 7.50. The molecule has 0 spiro atoms. The largest absolute Gasteiger partial charge is 0.357 e. The highest BCUT2D eigenvalue weighted by Gasteiger charge is 2.26. The van der Waals surface area contributed by atoms with Gasteiger partial charge in [-0.15, -0.1) is 0 Å². The Morgan fingerprint density at radius 2 is 2.14 bits per heavy atom. The first-order chi connectivity index (χ1) is 9.91. The molecule has 0 radical (unpaired) electrons.